The van der Waals surface area contributed by atoms with Crippen LogP contribution in [0.25, 0.3) is 0 Å². The fourth-order valence-electron chi connectivity index (χ4n) is 2.91. The van der Waals surface area contributed by atoms with Gasteiger partial charge in [-0.1, -0.05) is 24.9 Å². The molecule has 0 fully saturated rings. The Morgan fingerprint density at radius 3 is 3.04 bits per heavy atom. The lowest BCUT2D eigenvalue weighted by atomic mass is 10.2. The number of aromatic nitrogens is 4. The molecule has 2 aromatic rings. The van der Waals surface area contributed by atoms with Gasteiger partial charge < -0.3 is 15.2 Å². The minimum Gasteiger partial charge on any atom is -0.328 e. The molecule has 1 atom stereocenters. The van der Waals surface area contributed by atoms with Crippen molar-refractivity contribution in [3.63, 3.8) is 0 Å². The number of pyridine rings is 1. The van der Waals surface area contributed by atoms with E-state index in [0.717, 1.165) is 43.9 Å². The van der Waals surface area contributed by atoms with Gasteiger partial charge in [0.1, 0.15) is 5.82 Å². The number of hydrogen-bond donors (Lipinski definition) is 2. The van der Waals surface area contributed by atoms with E-state index in [1.807, 2.05) is 6.92 Å². The van der Waals surface area contributed by atoms with Gasteiger partial charge >= 0.3 is 6.03 Å². The Morgan fingerprint density at radius 1 is 1.38 bits per heavy atom. The quantitative estimate of drug-likeness (QED) is 0.830. The van der Waals surface area contributed by atoms with Crippen molar-refractivity contribution < 1.29 is 4.79 Å². The van der Waals surface area contributed by atoms with Gasteiger partial charge in [0, 0.05) is 19.2 Å². The van der Waals surface area contributed by atoms with Crippen LogP contribution in [-0.2, 0) is 13.0 Å². The van der Waals surface area contributed by atoms with Crippen molar-refractivity contribution in [1.82, 2.24) is 25.1 Å². The zero-order chi connectivity index (χ0) is 16.9. The van der Waals surface area contributed by atoms with E-state index in [4.69, 9.17) is 11.6 Å². The van der Waals surface area contributed by atoms with Crippen molar-refractivity contribution in [2.45, 2.75) is 51.6 Å². The molecule has 128 valence electrons. The summed E-state index contributed by atoms with van der Waals surface area (Å²) in [5.74, 6) is 1.83. The molecule has 0 aliphatic carbocycles. The maximum atomic E-state index is 12.3. The third-order valence-corrected chi connectivity index (χ3v) is 4.47. The zero-order valence-corrected chi connectivity index (χ0v) is 14.4. The van der Waals surface area contributed by atoms with Crippen LogP contribution in [0.4, 0.5) is 10.5 Å². The number of fused-ring (bicyclic) bond motifs is 1. The predicted octanol–water partition coefficient (Wildman–Crippen LogP) is 3.33. The predicted molar refractivity (Wildman–Crippen MR) is 92.0 cm³/mol. The molecule has 2 amide bonds. The summed E-state index contributed by atoms with van der Waals surface area (Å²) in [5.41, 5.74) is 0.478. The first kappa shape index (κ1) is 16.7. The molecule has 0 bridgehead atoms. The van der Waals surface area contributed by atoms with Crippen LogP contribution in [0.15, 0.2) is 18.3 Å². The standard InChI is InChI=1S/C16H21ClN6O/c1-2-11(15-22-21-13-8-4-3-5-10-23(13)15)19-16(24)20-12-7-6-9-18-14(12)17/h6-7,9,11H,2-5,8,10H2,1H3,(H2,19,20,24)/t11-/m1/s1. The molecule has 3 rings (SSSR count). The van der Waals surface area contributed by atoms with Gasteiger partial charge in [-0.25, -0.2) is 9.78 Å². The highest BCUT2D eigenvalue weighted by Gasteiger charge is 2.22. The average molecular weight is 349 g/mol. The lowest BCUT2D eigenvalue weighted by Gasteiger charge is -2.18. The molecule has 0 saturated carbocycles. The molecule has 2 N–H and O–H groups in total. The van der Waals surface area contributed by atoms with Gasteiger partial charge in [-0.05, 0) is 31.4 Å². The molecule has 24 heavy (non-hydrogen) atoms. The molecule has 8 heteroatoms. The highest BCUT2D eigenvalue weighted by atomic mass is 35.5. The van der Waals surface area contributed by atoms with Gasteiger partial charge in [-0.15, -0.1) is 10.2 Å². The fraction of sp³-hybridized carbons (Fsp3) is 0.500. The summed E-state index contributed by atoms with van der Waals surface area (Å²) in [5, 5.41) is 14.6. The number of nitrogens with zero attached hydrogens (tertiary/aromatic N) is 4. The Hall–Kier alpha value is -2.15. The smallest absolute Gasteiger partial charge is 0.319 e. The number of carbonyl (C=O) groups excluding carboxylic acids is 1. The van der Waals surface area contributed by atoms with Gasteiger partial charge in [0.05, 0.1) is 11.7 Å². The van der Waals surface area contributed by atoms with Crippen LogP contribution in [0.3, 0.4) is 0 Å². The Balaban J connectivity index is 1.72. The van der Waals surface area contributed by atoms with Gasteiger partial charge in [-0.2, -0.15) is 0 Å². The van der Waals surface area contributed by atoms with Crippen LogP contribution in [0.5, 0.6) is 0 Å². The lowest BCUT2D eigenvalue weighted by Crippen LogP contribution is -2.34. The average Bonchev–Trinajstić information content (AvgIpc) is 2.83. The van der Waals surface area contributed by atoms with Gasteiger partial charge in [0.15, 0.2) is 11.0 Å². The summed E-state index contributed by atoms with van der Waals surface area (Å²) in [7, 11) is 0. The first-order chi connectivity index (χ1) is 11.7. The minimum atomic E-state index is -0.331. The van der Waals surface area contributed by atoms with E-state index in [0.29, 0.717) is 5.69 Å². The first-order valence-electron chi connectivity index (χ1n) is 8.29. The number of anilines is 1. The van der Waals surface area contributed by atoms with E-state index in [1.165, 1.54) is 6.42 Å². The summed E-state index contributed by atoms with van der Waals surface area (Å²) in [4.78, 5) is 16.2. The number of urea groups is 1. The largest absolute Gasteiger partial charge is 0.328 e. The second-order valence-corrected chi connectivity index (χ2v) is 6.20. The lowest BCUT2D eigenvalue weighted by molar-refractivity contribution is 0.247. The second kappa shape index (κ2) is 7.61. The number of carbonyl (C=O) groups is 1. The number of nitrogens with one attached hydrogen (secondary N) is 2. The summed E-state index contributed by atoms with van der Waals surface area (Å²) in [6.45, 7) is 2.92. The maximum Gasteiger partial charge on any atom is 0.319 e. The first-order valence-corrected chi connectivity index (χ1v) is 8.67. The molecular weight excluding hydrogens is 328 g/mol. The van der Waals surface area contributed by atoms with Gasteiger partial charge in [-0.3, -0.25) is 0 Å². The molecule has 0 spiro atoms. The van der Waals surface area contributed by atoms with E-state index in [9.17, 15) is 4.79 Å². The van der Waals surface area contributed by atoms with Crippen LogP contribution in [0, 0.1) is 0 Å². The molecule has 2 aromatic heterocycles. The van der Waals surface area contributed by atoms with Crippen molar-refractivity contribution >= 4 is 23.3 Å². The van der Waals surface area contributed by atoms with Crippen molar-refractivity contribution in [1.29, 1.82) is 0 Å². The highest BCUT2D eigenvalue weighted by Crippen LogP contribution is 2.22. The van der Waals surface area contributed by atoms with Crippen LogP contribution >= 0.6 is 11.6 Å². The van der Waals surface area contributed by atoms with Gasteiger partial charge in [0.2, 0.25) is 0 Å². The molecule has 0 saturated heterocycles. The van der Waals surface area contributed by atoms with E-state index in [1.54, 1.807) is 18.3 Å². The Kier molecular flexibility index (Phi) is 5.30. The molecule has 0 unspecified atom stereocenters. The maximum absolute atomic E-state index is 12.3. The second-order valence-electron chi connectivity index (χ2n) is 5.84. The van der Waals surface area contributed by atoms with Crippen LogP contribution in [0.2, 0.25) is 5.15 Å². The Bertz CT molecular complexity index is 716. The van der Waals surface area contributed by atoms with Crippen molar-refractivity contribution in [3.8, 4) is 0 Å². The summed E-state index contributed by atoms with van der Waals surface area (Å²) in [6, 6.07) is 2.90. The van der Waals surface area contributed by atoms with E-state index in [-0.39, 0.29) is 17.2 Å². The number of rotatable bonds is 4. The van der Waals surface area contributed by atoms with E-state index >= 15 is 0 Å². The Morgan fingerprint density at radius 2 is 2.25 bits per heavy atom. The number of halogens is 1. The summed E-state index contributed by atoms with van der Waals surface area (Å²) < 4.78 is 2.15. The zero-order valence-electron chi connectivity index (χ0n) is 13.6. The van der Waals surface area contributed by atoms with Crippen molar-refractivity contribution in [2.24, 2.45) is 0 Å². The molecule has 1 aliphatic heterocycles. The summed E-state index contributed by atoms with van der Waals surface area (Å²) in [6.07, 6.45) is 6.71. The molecule has 7 nitrogen and oxygen atoms in total. The third-order valence-electron chi connectivity index (χ3n) is 4.17. The number of hydrogen-bond acceptors (Lipinski definition) is 4. The third kappa shape index (κ3) is 3.67. The number of aryl methyl sites for hydroxylation is 1. The van der Waals surface area contributed by atoms with E-state index in [2.05, 4.69) is 30.4 Å². The normalized spacial score (nSPS) is 15.2. The monoisotopic (exact) mass is 348 g/mol. The highest BCUT2D eigenvalue weighted by molar-refractivity contribution is 6.32. The SMILES string of the molecule is CC[C@@H](NC(=O)Nc1cccnc1Cl)c1nnc2n1CCCCC2. The summed E-state index contributed by atoms with van der Waals surface area (Å²) >= 11 is 5.97. The Labute approximate surface area is 145 Å². The van der Waals surface area contributed by atoms with E-state index < -0.39 is 0 Å². The molecule has 1 aliphatic rings. The molecule has 3 heterocycles. The minimum absolute atomic E-state index is 0.195. The number of amides is 2. The molecule has 0 aromatic carbocycles. The van der Waals surface area contributed by atoms with Crippen LogP contribution < -0.4 is 10.6 Å². The van der Waals surface area contributed by atoms with Gasteiger partial charge in [0.25, 0.3) is 0 Å². The topological polar surface area (TPSA) is 84.7 Å². The van der Waals surface area contributed by atoms with Crippen LogP contribution in [0.1, 0.15) is 50.3 Å². The molecule has 0 radical (unpaired) electrons. The van der Waals surface area contributed by atoms with Crippen molar-refractivity contribution in [2.75, 3.05) is 5.32 Å². The molecular formula is C16H21ClN6O. The fourth-order valence-corrected chi connectivity index (χ4v) is 3.08. The van der Waals surface area contributed by atoms with Crippen molar-refractivity contribution in [3.05, 3.63) is 35.1 Å². The van der Waals surface area contributed by atoms with Crippen LogP contribution in [-0.4, -0.2) is 25.8 Å².